The summed E-state index contributed by atoms with van der Waals surface area (Å²) in [6.45, 7) is 1.83. The van der Waals surface area contributed by atoms with E-state index in [2.05, 4.69) is 31.5 Å². The minimum atomic E-state index is -0.601. The van der Waals surface area contributed by atoms with E-state index in [-0.39, 0.29) is 11.7 Å². The fourth-order valence-corrected chi connectivity index (χ4v) is 4.62. The topological polar surface area (TPSA) is 71.1 Å². The van der Waals surface area contributed by atoms with E-state index in [0.29, 0.717) is 44.7 Å². The summed E-state index contributed by atoms with van der Waals surface area (Å²) >= 11 is 16.1. The molecule has 2 N–H and O–H groups in total. The van der Waals surface area contributed by atoms with Crippen molar-refractivity contribution in [3.63, 3.8) is 0 Å². The number of amides is 1. The van der Waals surface area contributed by atoms with E-state index in [1.54, 1.807) is 30.5 Å². The molecule has 1 aromatic carbocycles. The Bertz CT molecular complexity index is 1110. The van der Waals surface area contributed by atoms with Crippen molar-refractivity contribution in [3.8, 4) is 0 Å². The zero-order valence-electron chi connectivity index (χ0n) is 16.1. The SMILES string of the molecule is CC1=C(C(=O)Nc2ccc(Br)cn2)[C@H](c2cccc(Cl)c2Cl)C2=C(CCCC2=O)N1. The molecule has 0 saturated carbocycles. The van der Waals surface area contributed by atoms with Gasteiger partial charge < -0.3 is 10.6 Å². The van der Waals surface area contributed by atoms with E-state index in [1.807, 2.05) is 13.0 Å². The van der Waals surface area contributed by atoms with Gasteiger partial charge in [-0.05, 0) is 59.5 Å². The number of hydrogen-bond donors (Lipinski definition) is 2. The van der Waals surface area contributed by atoms with Crippen LogP contribution in [0.5, 0.6) is 0 Å². The molecule has 1 atom stereocenters. The number of allylic oxidation sites excluding steroid dienone is 3. The Labute approximate surface area is 192 Å². The lowest BCUT2D eigenvalue weighted by Crippen LogP contribution is -2.35. The maximum atomic E-state index is 13.4. The molecule has 0 bridgehead atoms. The standard InChI is InChI=1S/C22H18BrCl2N3O2/c1-11-18(22(30)28-17-9-8-12(23)10-26-17)19(13-4-2-5-14(24)21(13)25)20-15(27-11)6-3-7-16(20)29/h2,4-5,8-10,19,27H,3,6-7H2,1H3,(H,26,28,30)/t19-/m0/s1. The van der Waals surface area contributed by atoms with Crippen molar-refractivity contribution in [2.75, 3.05) is 5.32 Å². The van der Waals surface area contributed by atoms with Crippen molar-refractivity contribution >= 4 is 56.6 Å². The largest absolute Gasteiger partial charge is 0.362 e. The highest BCUT2D eigenvalue weighted by Gasteiger charge is 2.39. The molecule has 5 nitrogen and oxygen atoms in total. The lowest BCUT2D eigenvalue weighted by Gasteiger charge is -2.35. The van der Waals surface area contributed by atoms with E-state index < -0.39 is 5.92 Å². The van der Waals surface area contributed by atoms with Gasteiger partial charge in [-0.25, -0.2) is 4.98 Å². The van der Waals surface area contributed by atoms with Gasteiger partial charge in [0.1, 0.15) is 5.82 Å². The number of carbonyl (C=O) groups excluding carboxylic acids is 2. The Morgan fingerprint density at radius 3 is 2.77 bits per heavy atom. The van der Waals surface area contributed by atoms with Crippen LogP contribution in [0.2, 0.25) is 10.0 Å². The molecule has 2 aromatic rings. The second kappa shape index (κ2) is 8.53. The molecule has 2 heterocycles. The molecule has 0 fully saturated rings. The summed E-state index contributed by atoms with van der Waals surface area (Å²) in [4.78, 5) is 30.5. The first-order valence-electron chi connectivity index (χ1n) is 9.47. The van der Waals surface area contributed by atoms with Crippen LogP contribution < -0.4 is 10.6 Å². The number of hydrogen-bond acceptors (Lipinski definition) is 4. The van der Waals surface area contributed by atoms with Crippen LogP contribution in [0.1, 0.15) is 37.7 Å². The number of rotatable bonds is 3. The van der Waals surface area contributed by atoms with Crippen LogP contribution in [0.15, 0.2) is 63.5 Å². The molecule has 0 saturated heterocycles. The van der Waals surface area contributed by atoms with E-state index in [0.717, 1.165) is 23.0 Å². The van der Waals surface area contributed by atoms with Crippen molar-refractivity contribution in [2.45, 2.75) is 32.1 Å². The lowest BCUT2D eigenvalue weighted by atomic mass is 9.75. The fraction of sp³-hybridized carbons (Fsp3) is 0.227. The number of nitrogens with one attached hydrogen (secondary N) is 2. The van der Waals surface area contributed by atoms with Crippen LogP contribution in [0, 0.1) is 0 Å². The number of ketones is 1. The van der Waals surface area contributed by atoms with Gasteiger partial charge in [-0.1, -0.05) is 35.3 Å². The number of carbonyl (C=O) groups is 2. The second-order valence-corrected chi connectivity index (χ2v) is 8.93. The molecule has 0 spiro atoms. The van der Waals surface area contributed by atoms with Gasteiger partial charge >= 0.3 is 0 Å². The monoisotopic (exact) mass is 505 g/mol. The van der Waals surface area contributed by atoms with Crippen LogP contribution in [-0.4, -0.2) is 16.7 Å². The Morgan fingerprint density at radius 1 is 1.23 bits per heavy atom. The zero-order chi connectivity index (χ0) is 21.4. The number of nitrogens with zero attached hydrogens (tertiary/aromatic N) is 1. The fourth-order valence-electron chi connectivity index (χ4n) is 3.97. The third kappa shape index (κ3) is 3.92. The number of aromatic nitrogens is 1. The summed E-state index contributed by atoms with van der Waals surface area (Å²) in [5.41, 5.74) is 3.19. The molecular formula is C22H18BrCl2N3O2. The van der Waals surface area contributed by atoms with Gasteiger partial charge in [0.2, 0.25) is 0 Å². The van der Waals surface area contributed by atoms with Crippen molar-refractivity contribution in [3.05, 3.63) is 79.2 Å². The summed E-state index contributed by atoms with van der Waals surface area (Å²) in [6, 6.07) is 8.77. The lowest BCUT2D eigenvalue weighted by molar-refractivity contribution is -0.116. The summed E-state index contributed by atoms with van der Waals surface area (Å²) in [5, 5.41) is 6.84. The highest BCUT2D eigenvalue weighted by Crippen LogP contribution is 2.45. The summed E-state index contributed by atoms with van der Waals surface area (Å²) < 4.78 is 0.807. The predicted molar refractivity (Wildman–Crippen MR) is 121 cm³/mol. The van der Waals surface area contributed by atoms with Gasteiger partial charge in [0.05, 0.1) is 10.0 Å². The van der Waals surface area contributed by atoms with Crippen molar-refractivity contribution in [1.29, 1.82) is 0 Å². The van der Waals surface area contributed by atoms with Gasteiger partial charge in [-0.2, -0.15) is 0 Å². The Morgan fingerprint density at radius 2 is 2.03 bits per heavy atom. The van der Waals surface area contributed by atoms with Gasteiger partial charge in [0, 0.05) is 45.5 Å². The van der Waals surface area contributed by atoms with Crippen molar-refractivity contribution in [1.82, 2.24) is 10.3 Å². The Hall–Kier alpha value is -2.15. The maximum Gasteiger partial charge on any atom is 0.255 e. The molecule has 0 unspecified atom stereocenters. The molecule has 4 rings (SSSR count). The average Bonchev–Trinajstić information content (AvgIpc) is 2.71. The van der Waals surface area contributed by atoms with Gasteiger partial charge in [-0.15, -0.1) is 0 Å². The smallest absolute Gasteiger partial charge is 0.255 e. The second-order valence-electron chi connectivity index (χ2n) is 7.22. The minimum Gasteiger partial charge on any atom is -0.362 e. The molecule has 1 aromatic heterocycles. The Balaban J connectivity index is 1.82. The number of anilines is 1. The minimum absolute atomic E-state index is 0.0179. The summed E-state index contributed by atoms with van der Waals surface area (Å²) in [5.74, 6) is -0.518. The van der Waals surface area contributed by atoms with Crippen LogP contribution in [-0.2, 0) is 9.59 Å². The first-order valence-corrected chi connectivity index (χ1v) is 11.0. The molecule has 154 valence electrons. The number of halogens is 3. The third-order valence-electron chi connectivity index (χ3n) is 5.28. The molecule has 2 aliphatic rings. The van der Waals surface area contributed by atoms with Crippen LogP contribution in [0.4, 0.5) is 5.82 Å². The number of dihydropyridines is 1. The molecule has 1 amide bonds. The molecule has 8 heteroatoms. The third-order valence-corrected chi connectivity index (χ3v) is 6.58. The van der Waals surface area contributed by atoms with Crippen molar-refractivity contribution < 1.29 is 9.59 Å². The number of Topliss-reactive ketones (excluding diaryl/α,β-unsaturated/α-hetero) is 1. The molecular weight excluding hydrogens is 489 g/mol. The first kappa shape index (κ1) is 21.1. The predicted octanol–water partition coefficient (Wildman–Crippen LogP) is 5.76. The summed E-state index contributed by atoms with van der Waals surface area (Å²) in [7, 11) is 0. The van der Waals surface area contributed by atoms with E-state index >= 15 is 0 Å². The number of pyridine rings is 1. The molecule has 1 aliphatic heterocycles. The van der Waals surface area contributed by atoms with Crippen LogP contribution >= 0.6 is 39.1 Å². The highest BCUT2D eigenvalue weighted by atomic mass is 79.9. The van der Waals surface area contributed by atoms with Gasteiger partial charge in [0.15, 0.2) is 5.78 Å². The first-order chi connectivity index (χ1) is 14.4. The highest BCUT2D eigenvalue weighted by molar-refractivity contribution is 9.10. The summed E-state index contributed by atoms with van der Waals surface area (Å²) in [6.07, 6.45) is 3.57. The maximum absolute atomic E-state index is 13.4. The molecule has 0 radical (unpaired) electrons. The van der Waals surface area contributed by atoms with Crippen molar-refractivity contribution in [2.24, 2.45) is 0 Å². The Kier molecular flexibility index (Phi) is 6.00. The van der Waals surface area contributed by atoms with Gasteiger partial charge in [-0.3, -0.25) is 9.59 Å². The van der Waals surface area contributed by atoms with E-state index in [4.69, 9.17) is 23.2 Å². The van der Waals surface area contributed by atoms with Gasteiger partial charge in [0.25, 0.3) is 5.91 Å². The number of benzene rings is 1. The molecule has 1 aliphatic carbocycles. The van der Waals surface area contributed by atoms with E-state index in [9.17, 15) is 9.59 Å². The zero-order valence-corrected chi connectivity index (χ0v) is 19.2. The normalized spacial score (nSPS) is 18.8. The molecule has 30 heavy (non-hydrogen) atoms. The quantitative estimate of drug-likeness (QED) is 0.555. The average molecular weight is 507 g/mol. The van der Waals surface area contributed by atoms with Crippen LogP contribution in [0.3, 0.4) is 0 Å². The van der Waals surface area contributed by atoms with Crippen LogP contribution in [0.25, 0.3) is 0 Å². The van der Waals surface area contributed by atoms with E-state index in [1.165, 1.54) is 0 Å².